The minimum atomic E-state index is -1.000. The quantitative estimate of drug-likeness (QED) is 0.730. The van der Waals surface area contributed by atoms with E-state index in [1.165, 1.54) is 0 Å². The van der Waals surface area contributed by atoms with Gasteiger partial charge in [0.1, 0.15) is 6.10 Å². The lowest BCUT2D eigenvalue weighted by Gasteiger charge is -2.27. The van der Waals surface area contributed by atoms with Crippen LogP contribution in [0.1, 0.15) is 26.7 Å². The monoisotopic (exact) mass is 241 g/mol. The molecule has 0 unspecified atom stereocenters. The van der Waals surface area contributed by atoms with Crippen molar-refractivity contribution in [2.24, 2.45) is 0 Å². The number of nitrogens with zero attached hydrogens (tertiary/aromatic N) is 1. The summed E-state index contributed by atoms with van der Waals surface area (Å²) in [5, 5.41) is 8.80. The van der Waals surface area contributed by atoms with Crippen molar-refractivity contribution in [1.29, 1.82) is 0 Å². The summed E-state index contributed by atoms with van der Waals surface area (Å²) in [6.45, 7) is 7.87. The molecule has 1 saturated heterocycles. The lowest BCUT2D eigenvalue weighted by molar-refractivity contribution is -0.155. The molecule has 2 atom stereocenters. The molecule has 5 heteroatoms. The molecule has 1 heterocycles. The summed E-state index contributed by atoms with van der Waals surface area (Å²) >= 11 is 0. The second-order valence-corrected chi connectivity index (χ2v) is 4.40. The molecule has 0 aliphatic carbocycles. The number of carbonyl (C=O) groups is 2. The van der Waals surface area contributed by atoms with E-state index in [0.717, 1.165) is 0 Å². The molecule has 96 valence electrons. The average Bonchev–Trinajstić information content (AvgIpc) is 2.73. The van der Waals surface area contributed by atoms with Gasteiger partial charge in [-0.15, -0.1) is 6.58 Å². The average molecular weight is 241 g/mol. The Morgan fingerprint density at radius 2 is 2.06 bits per heavy atom. The molecule has 1 rings (SSSR count). The van der Waals surface area contributed by atoms with Gasteiger partial charge < -0.3 is 14.7 Å². The predicted molar refractivity (Wildman–Crippen MR) is 62.6 cm³/mol. The maximum atomic E-state index is 12.1. The molecule has 1 fully saturated rings. The first-order valence-electron chi connectivity index (χ1n) is 5.77. The third-order valence-electron chi connectivity index (χ3n) is 2.80. The topological polar surface area (TPSA) is 66.8 Å². The molecule has 1 aliphatic heterocycles. The number of carboxylic acids is 1. The standard InChI is InChI=1S/C12H19NO4/c1-4-7-13(8(2)3)11(14)9-5-6-10(17-9)12(15)16/h4,8-10H,1,5-7H2,2-3H3,(H,15,16)/t9-,10+/m0/s1. The van der Waals surface area contributed by atoms with E-state index >= 15 is 0 Å². The van der Waals surface area contributed by atoms with Gasteiger partial charge in [-0.1, -0.05) is 6.08 Å². The minimum Gasteiger partial charge on any atom is -0.479 e. The first kappa shape index (κ1) is 13.7. The number of rotatable bonds is 5. The number of ether oxygens (including phenoxy) is 1. The summed E-state index contributed by atoms with van der Waals surface area (Å²) in [5.74, 6) is -1.15. The highest BCUT2D eigenvalue weighted by molar-refractivity contribution is 5.83. The molecular weight excluding hydrogens is 222 g/mol. The van der Waals surface area contributed by atoms with Crippen LogP contribution in [0.15, 0.2) is 12.7 Å². The molecule has 1 aliphatic rings. The van der Waals surface area contributed by atoms with E-state index in [9.17, 15) is 9.59 Å². The summed E-state index contributed by atoms with van der Waals surface area (Å²) in [6.07, 6.45) is 1.05. The third-order valence-corrected chi connectivity index (χ3v) is 2.80. The fourth-order valence-corrected chi connectivity index (χ4v) is 1.88. The van der Waals surface area contributed by atoms with E-state index < -0.39 is 18.2 Å². The van der Waals surface area contributed by atoms with Gasteiger partial charge in [0.05, 0.1) is 0 Å². The maximum Gasteiger partial charge on any atom is 0.332 e. The van der Waals surface area contributed by atoms with Crippen LogP contribution < -0.4 is 0 Å². The largest absolute Gasteiger partial charge is 0.479 e. The molecule has 0 aromatic rings. The van der Waals surface area contributed by atoms with Crippen molar-refractivity contribution in [1.82, 2.24) is 4.90 Å². The lowest BCUT2D eigenvalue weighted by atomic mass is 10.1. The first-order chi connectivity index (χ1) is 7.97. The Bertz CT molecular complexity index is 314. The van der Waals surface area contributed by atoms with Crippen molar-refractivity contribution in [3.8, 4) is 0 Å². The summed E-state index contributed by atoms with van der Waals surface area (Å²) < 4.78 is 5.24. The fourth-order valence-electron chi connectivity index (χ4n) is 1.88. The zero-order valence-electron chi connectivity index (χ0n) is 10.3. The summed E-state index contributed by atoms with van der Waals surface area (Å²) in [6, 6.07) is 0.0491. The van der Waals surface area contributed by atoms with Gasteiger partial charge in [-0.05, 0) is 26.7 Å². The minimum absolute atomic E-state index is 0.0491. The van der Waals surface area contributed by atoms with Crippen molar-refractivity contribution in [2.75, 3.05) is 6.54 Å². The van der Waals surface area contributed by atoms with Gasteiger partial charge in [-0.2, -0.15) is 0 Å². The number of amides is 1. The van der Waals surface area contributed by atoms with Crippen LogP contribution in [0.4, 0.5) is 0 Å². The Kier molecular flexibility index (Phi) is 4.69. The maximum absolute atomic E-state index is 12.1. The Labute approximate surface area is 101 Å². The van der Waals surface area contributed by atoms with Gasteiger partial charge in [0, 0.05) is 12.6 Å². The van der Waals surface area contributed by atoms with Gasteiger partial charge in [0.25, 0.3) is 5.91 Å². The summed E-state index contributed by atoms with van der Waals surface area (Å²) in [5.41, 5.74) is 0. The highest BCUT2D eigenvalue weighted by atomic mass is 16.5. The van der Waals surface area contributed by atoms with E-state index in [1.807, 2.05) is 13.8 Å². The van der Waals surface area contributed by atoms with E-state index in [2.05, 4.69) is 6.58 Å². The molecule has 1 N–H and O–H groups in total. The smallest absolute Gasteiger partial charge is 0.332 e. The third kappa shape index (κ3) is 3.30. The number of carboxylic acid groups (broad SMARTS) is 1. The molecule has 0 aromatic carbocycles. The predicted octanol–water partition coefficient (Wildman–Crippen LogP) is 1.04. The Hall–Kier alpha value is -1.36. The van der Waals surface area contributed by atoms with Crippen LogP contribution in [0.2, 0.25) is 0 Å². The van der Waals surface area contributed by atoms with Crippen LogP contribution >= 0.6 is 0 Å². The first-order valence-corrected chi connectivity index (χ1v) is 5.77. The van der Waals surface area contributed by atoms with Gasteiger partial charge in [-0.3, -0.25) is 4.79 Å². The van der Waals surface area contributed by atoms with Crippen molar-refractivity contribution in [3.63, 3.8) is 0 Å². The van der Waals surface area contributed by atoms with E-state index in [0.29, 0.717) is 19.4 Å². The number of hydrogen-bond acceptors (Lipinski definition) is 3. The molecule has 0 radical (unpaired) electrons. The molecule has 0 saturated carbocycles. The Morgan fingerprint density at radius 1 is 1.47 bits per heavy atom. The van der Waals surface area contributed by atoms with E-state index in [1.54, 1.807) is 11.0 Å². The SMILES string of the molecule is C=CCN(C(=O)[C@@H]1CC[C@H](C(=O)O)O1)C(C)C. The van der Waals surface area contributed by atoms with Crippen LogP contribution in [-0.2, 0) is 14.3 Å². The fraction of sp³-hybridized carbons (Fsp3) is 0.667. The molecule has 5 nitrogen and oxygen atoms in total. The Morgan fingerprint density at radius 3 is 2.47 bits per heavy atom. The number of carbonyl (C=O) groups excluding carboxylic acids is 1. The Balaban J connectivity index is 2.63. The molecule has 0 aromatic heterocycles. The van der Waals surface area contributed by atoms with Crippen molar-refractivity contribution in [3.05, 3.63) is 12.7 Å². The second-order valence-electron chi connectivity index (χ2n) is 4.40. The van der Waals surface area contributed by atoms with Crippen LogP contribution in [0.3, 0.4) is 0 Å². The molecule has 1 amide bonds. The molecule has 0 bridgehead atoms. The van der Waals surface area contributed by atoms with Gasteiger partial charge in [-0.25, -0.2) is 4.79 Å². The van der Waals surface area contributed by atoms with E-state index in [4.69, 9.17) is 9.84 Å². The number of aliphatic carboxylic acids is 1. The van der Waals surface area contributed by atoms with Crippen molar-refractivity contribution < 1.29 is 19.4 Å². The highest BCUT2D eigenvalue weighted by Gasteiger charge is 2.37. The summed E-state index contributed by atoms with van der Waals surface area (Å²) in [4.78, 5) is 24.5. The molecule has 17 heavy (non-hydrogen) atoms. The lowest BCUT2D eigenvalue weighted by Crippen LogP contribution is -2.43. The van der Waals surface area contributed by atoms with Crippen LogP contribution in [0.25, 0.3) is 0 Å². The van der Waals surface area contributed by atoms with Crippen molar-refractivity contribution in [2.45, 2.75) is 44.9 Å². The van der Waals surface area contributed by atoms with Crippen molar-refractivity contribution >= 4 is 11.9 Å². The molecular formula is C12H19NO4. The highest BCUT2D eigenvalue weighted by Crippen LogP contribution is 2.22. The normalized spacial score (nSPS) is 23.7. The number of hydrogen-bond donors (Lipinski definition) is 1. The summed E-state index contributed by atoms with van der Waals surface area (Å²) in [7, 11) is 0. The zero-order valence-corrected chi connectivity index (χ0v) is 10.3. The van der Waals surface area contributed by atoms with Crippen LogP contribution in [-0.4, -0.2) is 46.7 Å². The molecule has 0 spiro atoms. The second kappa shape index (κ2) is 5.82. The van der Waals surface area contributed by atoms with Crippen LogP contribution in [0, 0.1) is 0 Å². The van der Waals surface area contributed by atoms with Gasteiger partial charge in [0.2, 0.25) is 0 Å². The zero-order chi connectivity index (χ0) is 13.0. The van der Waals surface area contributed by atoms with Gasteiger partial charge >= 0.3 is 5.97 Å². The van der Waals surface area contributed by atoms with E-state index in [-0.39, 0.29) is 11.9 Å². The van der Waals surface area contributed by atoms with Crippen LogP contribution in [0.5, 0.6) is 0 Å². The van der Waals surface area contributed by atoms with Gasteiger partial charge in [0.15, 0.2) is 6.10 Å².